The van der Waals surface area contributed by atoms with Crippen LogP contribution in [0.4, 0.5) is 0 Å². The first-order valence-electron chi connectivity index (χ1n) is 6.50. The van der Waals surface area contributed by atoms with Crippen LogP contribution in [0, 0.1) is 11.8 Å². The molecule has 2 rings (SSSR count). The number of hydrogen-bond donors (Lipinski definition) is 1. The predicted molar refractivity (Wildman–Crippen MR) is 69.6 cm³/mol. The molecule has 0 aromatic carbocycles. The van der Waals surface area contributed by atoms with Crippen molar-refractivity contribution < 1.29 is 4.79 Å². The number of carbonyl (C=O) groups excluding carboxylic acids is 1. The molecule has 16 heavy (non-hydrogen) atoms. The van der Waals surface area contributed by atoms with Crippen molar-refractivity contribution in [3.8, 4) is 0 Å². The lowest BCUT2D eigenvalue weighted by Gasteiger charge is -2.39. The third kappa shape index (κ3) is 3.22. The summed E-state index contributed by atoms with van der Waals surface area (Å²) in [6.45, 7) is 2.30. The van der Waals surface area contributed by atoms with Gasteiger partial charge in [-0.3, -0.25) is 4.79 Å². The van der Waals surface area contributed by atoms with Crippen LogP contribution >= 0.6 is 15.9 Å². The zero-order valence-corrected chi connectivity index (χ0v) is 11.7. The fraction of sp³-hybridized carbons (Fsp3) is 0.923. The Morgan fingerprint density at radius 2 is 2.19 bits per heavy atom. The number of carbonyl (C=O) groups is 1. The summed E-state index contributed by atoms with van der Waals surface area (Å²) < 4.78 is 0. The maximum absolute atomic E-state index is 11.9. The largest absolute Gasteiger partial charge is 0.350 e. The average Bonchev–Trinajstić information content (AvgIpc) is 3.01. The van der Waals surface area contributed by atoms with Crippen LogP contribution in [0.5, 0.6) is 0 Å². The van der Waals surface area contributed by atoms with Crippen molar-refractivity contribution in [2.24, 2.45) is 11.8 Å². The fourth-order valence-corrected chi connectivity index (χ4v) is 3.51. The molecule has 92 valence electrons. The second kappa shape index (κ2) is 5.07. The van der Waals surface area contributed by atoms with Crippen LogP contribution in [-0.4, -0.2) is 16.8 Å². The molecule has 0 aromatic rings. The first kappa shape index (κ1) is 12.4. The molecule has 2 aliphatic carbocycles. The first-order valence-corrected chi connectivity index (χ1v) is 7.63. The lowest BCUT2D eigenvalue weighted by atomic mass is 9.77. The molecule has 1 amide bonds. The fourth-order valence-electron chi connectivity index (χ4n) is 2.86. The molecule has 2 fully saturated rings. The van der Waals surface area contributed by atoms with E-state index in [9.17, 15) is 4.79 Å². The quantitative estimate of drug-likeness (QED) is 0.790. The van der Waals surface area contributed by atoms with Gasteiger partial charge in [0.15, 0.2) is 0 Å². The molecule has 2 aliphatic rings. The van der Waals surface area contributed by atoms with Crippen LogP contribution in [0.2, 0.25) is 0 Å². The summed E-state index contributed by atoms with van der Waals surface area (Å²) in [5.41, 5.74) is 0.0453. The van der Waals surface area contributed by atoms with Crippen molar-refractivity contribution in [2.45, 2.75) is 57.4 Å². The van der Waals surface area contributed by atoms with E-state index in [1.54, 1.807) is 0 Å². The topological polar surface area (TPSA) is 29.1 Å². The average molecular weight is 288 g/mol. The lowest BCUT2D eigenvalue weighted by Crippen LogP contribution is -2.52. The minimum Gasteiger partial charge on any atom is -0.350 e. The maximum atomic E-state index is 11.9. The molecule has 2 saturated carbocycles. The normalized spacial score (nSPS) is 34.8. The molecule has 0 radical (unpaired) electrons. The van der Waals surface area contributed by atoms with Crippen molar-refractivity contribution in [2.75, 3.05) is 5.33 Å². The number of amides is 1. The summed E-state index contributed by atoms with van der Waals surface area (Å²) in [5.74, 6) is 1.71. The smallest absolute Gasteiger partial charge is 0.220 e. The molecular formula is C13H22BrNO. The van der Waals surface area contributed by atoms with E-state index in [1.807, 2.05) is 0 Å². The highest BCUT2D eigenvalue weighted by molar-refractivity contribution is 9.09. The van der Waals surface area contributed by atoms with Gasteiger partial charge >= 0.3 is 0 Å². The van der Waals surface area contributed by atoms with Gasteiger partial charge < -0.3 is 5.32 Å². The van der Waals surface area contributed by atoms with Crippen molar-refractivity contribution in [3.63, 3.8) is 0 Å². The molecule has 0 heterocycles. The van der Waals surface area contributed by atoms with Gasteiger partial charge in [-0.05, 0) is 37.5 Å². The number of halogens is 1. The minimum absolute atomic E-state index is 0.0453. The zero-order valence-electron chi connectivity index (χ0n) is 10.1. The van der Waals surface area contributed by atoms with E-state index >= 15 is 0 Å². The van der Waals surface area contributed by atoms with E-state index in [0.717, 1.165) is 30.5 Å². The van der Waals surface area contributed by atoms with Crippen molar-refractivity contribution in [3.05, 3.63) is 0 Å². The first-order chi connectivity index (χ1) is 7.63. The predicted octanol–water partition coefficient (Wildman–Crippen LogP) is 3.25. The lowest BCUT2D eigenvalue weighted by molar-refractivity contribution is -0.123. The Morgan fingerprint density at radius 3 is 2.75 bits per heavy atom. The SMILES string of the molecule is CC1CCCC(CBr)(NC(=O)CC2CC2)C1. The summed E-state index contributed by atoms with van der Waals surface area (Å²) >= 11 is 3.59. The van der Waals surface area contributed by atoms with E-state index in [-0.39, 0.29) is 11.4 Å². The third-order valence-electron chi connectivity index (χ3n) is 3.92. The molecular weight excluding hydrogens is 266 g/mol. The van der Waals surface area contributed by atoms with E-state index in [4.69, 9.17) is 0 Å². The van der Waals surface area contributed by atoms with Crippen molar-refractivity contribution in [1.29, 1.82) is 0 Å². The highest BCUT2D eigenvalue weighted by atomic mass is 79.9. The Bertz CT molecular complexity index is 265. The maximum Gasteiger partial charge on any atom is 0.220 e. The van der Waals surface area contributed by atoms with Crippen LogP contribution in [0.15, 0.2) is 0 Å². The van der Waals surface area contributed by atoms with Gasteiger partial charge in [0.25, 0.3) is 0 Å². The van der Waals surface area contributed by atoms with Gasteiger partial charge in [0.1, 0.15) is 0 Å². The Kier molecular flexibility index (Phi) is 3.93. The van der Waals surface area contributed by atoms with Gasteiger partial charge in [-0.15, -0.1) is 0 Å². The molecule has 0 bridgehead atoms. The van der Waals surface area contributed by atoms with Crippen molar-refractivity contribution >= 4 is 21.8 Å². The second-order valence-electron chi connectivity index (χ2n) is 5.81. The molecule has 2 nitrogen and oxygen atoms in total. The van der Waals surface area contributed by atoms with E-state index in [2.05, 4.69) is 28.2 Å². The van der Waals surface area contributed by atoms with Crippen LogP contribution in [0.3, 0.4) is 0 Å². The molecule has 1 N–H and O–H groups in total. The van der Waals surface area contributed by atoms with Gasteiger partial charge in [0, 0.05) is 17.3 Å². The Hall–Kier alpha value is -0.0500. The summed E-state index contributed by atoms with van der Waals surface area (Å²) in [6.07, 6.45) is 8.09. The summed E-state index contributed by atoms with van der Waals surface area (Å²) in [6, 6.07) is 0. The number of nitrogens with one attached hydrogen (secondary N) is 1. The Balaban J connectivity index is 1.88. The van der Waals surface area contributed by atoms with Crippen LogP contribution in [-0.2, 0) is 4.79 Å². The van der Waals surface area contributed by atoms with Gasteiger partial charge in [-0.25, -0.2) is 0 Å². The Labute approximate surface area is 107 Å². The molecule has 0 aliphatic heterocycles. The van der Waals surface area contributed by atoms with Gasteiger partial charge in [-0.2, -0.15) is 0 Å². The van der Waals surface area contributed by atoms with Crippen LogP contribution < -0.4 is 5.32 Å². The van der Waals surface area contributed by atoms with E-state index < -0.39 is 0 Å². The van der Waals surface area contributed by atoms with Gasteiger partial charge in [0.05, 0.1) is 0 Å². The number of alkyl halides is 1. The number of hydrogen-bond acceptors (Lipinski definition) is 1. The zero-order chi connectivity index (χ0) is 11.6. The summed E-state index contributed by atoms with van der Waals surface area (Å²) in [5, 5.41) is 4.20. The molecule has 2 atom stereocenters. The third-order valence-corrected chi connectivity index (χ3v) is 5.00. The van der Waals surface area contributed by atoms with E-state index in [1.165, 1.54) is 25.7 Å². The molecule has 3 heteroatoms. The molecule has 0 spiro atoms. The minimum atomic E-state index is 0.0453. The second-order valence-corrected chi connectivity index (χ2v) is 6.37. The molecule has 0 saturated heterocycles. The monoisotopic (exact) mass is 287 g/mol. The highest BCUT2D eigenvalue weighted by Gasteiger charge is 2.36. The molecule has 2 unspecified atom stereocenters. The summed E-state index contributed by atoms with van der Waals surface area (Å²) in [4.78, 5) is 11.9. The van der Waals surface area contributed by atoms with Crippen LogP contribution in [0.25, 0.3) is 0 Å². The van der Waals surface area contributed by atoms with Crippen molar-refractivity contribution in [1.82, 2.24) is 5.32 Å². The van der Waals surface area contributed by atoms with Gasteiger partial charge in [-0.1, -0.05) is 35.7 Å². The molecule has 0 aromatic heterocycles. The van der Waals surface area contributed by atoms with Crippen LogP contribution in [0.1, 0.15) is 51.9 Å². The van der Waals surface area contributed by atoms with E-state index in [0.29, 0.717) is 5.92 Å². The summed E-state index contributed by atoms with van der Waals surface area (Å²) in [7, 11) is 0. The standard InChI is InChI=1S/C13H22BrNO/c1-10-3-2-6-13(8-10,9-14)15-12(16)7-11-4-5-11/h10-11H,2-9H2,1H3,(H,15,16). The number of rotatable bonds is 4. The highest BCUT2D eigenvalue weighted by Crippen LogP contribution is 2.35. The Morgan fingerprint density at radius 1 is 1.44 bits per heavy atom. The van der Waals surface area contributed by atoms with Gasteiger partial charge in [0.2, 0.25) is 5.91 Å².